The van der Waals surface area contributed by atoms with Crippen LogP contribution in [0.4, 0.5) is 4.79 Å². The molecule has 2 amide bonds. The van der Waals surface area contributed by atoms with Crippen LogP contribution in [0.2, 0.25) is 0 Å². The smallest absolute Gasteiger partial charge is 0.407 e. The summed E-state index contributed by atoms with van der Waals surface area (Å²) in [5.41, 5.74) is 5.30. The molecular formula is C11H12N2O3. The number of carbonyl (C=O) groups is 2. The van der Waals surface area contributed by atoms with Crippen LogP contribution < -0.4 is 5.73 Å². The van der Waals surface area contributed by atoms with Crippen molar-refractivity contribution in [3.8, 4) is 0 Å². The van der Waals surface area contributed by atoms with Crippen LogP contribution in [-0.4, -0.2) is 35.1 Å². The molecule has 84 valence electrons. The van der Waals surface area contributed by atoms with Crippen molar-refractivity contribution >= 4 is 12.0 Å². The summed E-state index contributed by atoms with van der Waals surface area (Å²) in [6.07, 6.45) is -1.02. The number of nitrogens with two attached hydrogens (primary N) is 1. The number of carbonyl (C=O) groups excluding carboxylic acids is 1. The molecule has 0 aromatic heterocycles. The van der Waals surface area contributed by atoms with E-state index in [1.165, 1.54) is 4.90 Å². The molecule has 5 heteroatoms. The van der Waals surface area contributed by atoms with Gasteiger partial charge in [0.1, 0.15) is 5.41 Å². The van der Waals surface area contributed by atoms with Crippen LogP contribution >= 0.6 is 0 Å². The summed E-state index contributed by atoms with van der Waals surface area (Å²) in [6.45, 7) is 0.281. The SMILES string of the molecule is NC(=O)C1(c2ccccc2)CN(C(=O)O)C1. The minimum atomic E-state index is -1.02. The normalized spacial score (nSPS) is 17.6. The van der Waals surface area contributed by atoms with Crippen LogP contribution in [0.15, 0.2) is 30.3 Å². The summed E-state index contributed by atoms with van der Waals surface area (Å²) in [6, 6.07) is 9.05. The summed E-state index contributed by atoms with van der Waals surface area (Å²) in [4.78, 5) is 23.4. The molecule has 1 aliphatic heterocycles. The first-order valence-electron chi connectivity index (χ1n) is 4.89. The largest absolute Gasteiger partial charge is 0.465 e. The Bertz CT molecular complexity index is 424. The molecule has 1 saturated heterocycles. The summed E-state index contributed by atoms with van der Waals surface area (Å²) in [5, 5.41) is 8.77. The Kier molecular flexibility index (Phi) is 2.30. The fraction of sp³-hybridized carbons (Fsp3) is 0.273. The van der Waals surface area contributed by atoms with Gasteiger partial charge in [0.25, 0.3) is 0 Å². The molecule has 0 unspecified atom stereocenters. The molecule has 2 rings (SSSR count). The van der Waals surface area contributed by atoms with Gasteiger partial charge < -0.3 is 15.7 Å². The van der Waals surface area contributed by atoms with E-state index in [4.69, 9.17) is 10.8 Å². The van der Waals surface area contributed by atoms with E-state index in [1.807, 2.05) is 18.2 Å². The lowest BCUT2D eigenvalue weighted by Gasteiger charge is -2.46. The minimum absolute atomic E-state index is 0.141. The third-order valence-corrected chi connectivity index (χ3v) is 2.99. The van der Waals surface area contributed by atoms with E-state index in [2.05, 4.69) is 0 Å². The highest BCUT2D eigenvalue weighted by atomic mass is 16.4. The summed E-state index contributed by atoms with van der Waals surface area (Å²) < 4.78 is 0. The van der Waals surface area contributed by atoms with E-state index in [0.717, 1.165) is 5.56 Å². The van der Waals surface area contributed by atoms with Gasteiger partial charge in [0.05, 0.1) is 0 Å². The number of benzene rings is 1. The molecule has 1 aliphatic rings. The molecule has 1 heterocycles. The van der Waals surface area contributed by atoms with Crippen LogP contribution in [0.1, 0.15) is 5.56 Å². The van der Waals surface area contributed by atoms with Gasteiger partial charge in [0.2, 0.25) is 5.91 Å². The number of nitrogens with zero attached hydrogens (tertiary/aromatic N) is 1. The molecule has 1 aromatic rings. The summed E-state index contributed by atoms with van der Waals surface area (Å²) in [5.74, 6) is -0.476. The Morgan fingerprint density at radius 3 is 2.25 bits per heavy atom. The molecule has 1 aromatic carbocycles. The van der Waals surface area contributed by atoms with Crippen LogP contribution in [0.3, 0.4) is 0 Å². The molecule has 5 nitrogen and oxygen atoms in total. The third-order valence-electron chi connectivity index (χ3n) is 2.99. The molecule has 0 atom stereocenters. The van der Waals surface area contributed by atoms with E-state index in [9.17, 15) is 9.59 Å². The molecule has 0 aliphatic carbocycles. The number of rotatable bonds is 2. The maximum Gasteiger partial charge on any atom is 0.407 e. The standard InChI is InChI=1S/C11H12N2O3/c12-9(14)11(6-13(7-11)10(15)16)8-4-2-1-3-5-8/h1-5H,6-7H2,(H2,12,14)(H,15,16). The lowest BCUT2D eigenvalue weighted by Crippen LogP contribution is -2.66. The van der Waals surface area contributed by atoms with E-state index in [1.54, 1.807) is 12.1 Å². The molecule has 16 heavy (non-hydrogen) atoms. The minimum Gasteiger partial charge on any atom is -0.465 e. The van der Waals surface area contributed by atoms with Gasteiger partial charge in [-0.3, -0.25) is 4.79 Å². The Labute approximate surface area is 92.5 Å². The van der Waals surface area contributed by atoms with Crippen LogP contribution in [0, 0.1) is 0 Å². The van der Waals surface area contributed by atoms with Gasteiger partial charge in [-0.25, -0.2) is 4.79 Å². The molecule has 1 fully saturated rings. The highest BCUT2D eigenvalue weighted by Crippen LogP contribution is 2.34. The molecular weight excluding hydrogens is 208 g/mol. The van der Waals surface area contributed by atoms with Gasteiger partial charge in [-0.05, 0) is 5.56 Å². The van der Waals surface area contributed by atoms with Gasteiger partial charge in [0, 0.05) is 13.1 Å². The summed E-state index contributed by atoms with van der Waals surface area (Å²) >= 11 is 0. The van der Waals surface area contributed by atoms with Crippen molar-refractivity contribution in [2.75, 3.05) is 13.1 Å². The predicted molar refractivity (Wildman–Crippen MR) is 56.9 cm³/mol. The number of hydrogen-bond donors (Lipinski definition) is 2. The van der Waals surface area contributed by atoms with Gasteiger partial charge in [-0.15, -0.1) is 0 Å². The van der Waals surface area contributed by atoms with Crippen molar-refractivity contribution in [3.63, 3.8) is 0 Å². The first-order valence-corrected chi connectivity index (χ1v) is 4.89. The number of primary amides is 1. The third kappa shape index (κ3) is 1.41. The highest BCUT2D eigenvalue weighted by molar-refractivity contribution is 5.90. The quantitative estimate of drug-likeness (QED) is 0.756. The Balaban J connectivity index is 2.28. The number of amides is 2. The number of likely N-dealkylation sites (tertiary alicyclic amines) is 1. The van der Waals surface area contributed by atoms with Crippen LogP contribution in [0.25, 0.3) is 0 Å². The first kappa shape index (κ1) is 10.5. The maximum atomic E-state index is 11.5. The molecule has 0 bridgehead atoms. The monoisotopic (exact) mass is 220 g/mol. The van der Waals surface area contributed by atoms with Crippen LogP contribution in [-0.2, 0) is 10.2 Å². The molecule has 3 N–H and O–H groups in total. The van der Waals surface area contributed by atoms with Gasteiger partial charge in [-0.1, -0.05) is 30.3 Å². The molecule has 0 radical (unpaired) electrons. The van der Waals surface area contributed by atoms with Crippen molar-refractivity contribution in [1.82, 2.24) is 4.90 Å². The highest BCUT2D eigenvalue weighted by Gasteiger charge is 2.51. The zero-order valence-electron chi connectivity index (χ0n) is 8.59. The Morgan fingerprint density at radius 2 is 1.81 bits per heavy atom. The molecule has 0 spiro atoms. The Hall–Kier alpha value is -2.04. The zero-order chi connectivity index (χ0) is 11.8. The van der Waals surface area contributed by atoms with E-state index < -0.39 is 17.4 Å². The van der Waals surface area contributed by atoms with Gasteiger partial charge in [-0.2, -0.15) is 0 Å². The average Bonchev–Trinajstić information content (AvgIpc) is 2.16. The molecule has 0 saturated carbocycles. The van der Waals surface area contributed by atoms with E-state index in [-0.39, 0.29) is 13.1 Å². The second-order valence-electron chi connectivity index (χ2n) is 3.95. The predicted octanol–water partition coefficient (Wildman–Crippen LogP) is 0.403. The number of carboxylic acid groups (broad SMARTS) is 1. The van der Waals surface area contributed by atoms with Crippen molar-refractivity contribution in [2.45, 2.75) is 5.41 Å². The van der Waals surface area contributed by atoms with E-state index in [0.29, 0.717) is 0 Å². The maximum absolute atomic E-state index is 11.5. The fourth-order valence-electron chi connectivity index (χ4n) is 1.98. The van der Waals surface area contributed by atoms with Crippen molar-refractivity contribution in [2.24, 2.45) is 5.73 Å². The van der Waals surface area contributed by atoms with Gasteiger partial charge in [0.15, 0.2) is 0 Å². The number of hydrogen-bond acceptors (Lipinski definition) is 2. The van der Waals surface area contributed by atoms with Crippen molar-refractivity contribution in [1.29, 1.82) is 0 Å². The second-order valence-corrected chi connectivity index (χ2v) is 3.95. The topological polar surface area (TPSA) is 83.6 Å². The fourth-order valence-corrected chi connectivity index (χ4v) is 1.98. The zero-order valence-corrected chi connectivity index (χ0v) is 8.59. The van der Waals surface area contributed by atoms with Crippen molar-refractivity contribution < 1.29 is 14.7 Å². The van der Waals surface area contributed by atoms with Gasteiger partial charge >= 0.3 is 6.09 Å². The Morgan fingerprint density at radius 1 is 1.25 bits per heavy atom. The average molecular weight is 220 g/mol. The van der Waals surface area contributed by atoms with Crippen molar-refractivity contribution in [3.05, 3.63) is 35.9 Å². The first-order chi connectivity index (χ1) is 7.56. The summed E-state index contributed by atoms with van der Waals surface area (Å²) in [7, 11) is 0. The second kappa shape index (κ2) is 3.52. The van der Waals surface area contributed by atoms with E-state index >= 15 is 0 Å². The lowest BCUT2D eigenvalue weighted by atomic mass is 9.73. The van der Waals surface area contributed by atoms with Crippen LogP contribution in [0.5, 0.6) is 0 Å². The lowest BCUT2D eigenvalue weighted by molar-refractivity contribution is -0.128.